The molecular formula is C12H18N2O3S. The minimum Gasteiger partial charge on any atom is -0.392 e. The van der Waals surface area contributed by atoms with E-state index >= 15 is 0 Å². The van der Waals surface area contributed by atoms with Crippen LogP contribution in [-0.4, -0.2) is 47.8 Å². The van der Waals surface area contributed by atoms with Crippen molar-refractivity contribution in [2.24, 2.45) is 0 Å². The molecule has 100 valence electrons. The van der Waals surface area contributed by atoms with Crippen molar-refractivity contribution >= 4 is 10.0 Å². The van der Waals surface area contributed by atoms with Crippen LogP contribution in [0.4, 0.5) is 0 Å². The van der Waals surface area contributed by atoms with E-state index in [-0.39, 0.29) is 12.3 Å². The van der Waals surface area contributed by atoms with Crippen molar-refractivity contribution in [3.63, 3.8) is 0 Å². The third-order valence-electron chi connectivity index (χ3n) is 3.15. The zero-order valence-electron chi connectivity index (χ0n) is 10.2. The topological polar surface area (TPSA) is 70.5 Å². The largest absolute Gasteiger partial charge is 0.392 e. The number of aryl methyl sites for hydroxylation is 1. The quantitative estimate of drug-likeness (QED) is 0.860. The smallest absolute Gasteiger partial charge is 0.214 e. The van der Waals surface area contributed by atoms with E-state index in [1.807, 2.05) is 12.1 Å². The van der Waals surface area contributed by atoms with Crippen LogP contribution in [0.5, 0.6) is 0 Å². The van der Waals surface area contributed by atoms with Crippen molar-refractivity contribution < 1.29 is 13.5 Å². The zero-order valence-corrected chi connectivity index (χ0v) is 11.0. The van der Waals surface area contributed by atoms with Gasteiger partial charge < -0.3 is 5.11 Å². The van der Waals surface area contributed by atoms with Crippen LogP contribution in [0.15, 0.2) is 24.5 Å². The molecule has 0 bridgehead atoms. The lowest BCUT2D eigenvalue weighted by atomic mass is 10.1. The van der Waals surface area contributed by atoms with Gasteiger partial charge in [-0.3, -0.25) is 4.98 Å². The van der Waals surface area contributed by atoms with Gasteiger partial charge in [0.25, 0.3) is 0 Å². The van der Waals surface area contributed by atoms with Crippen LogP contribution in [0, 0.1) is 0 Å². The predicted molar refractivity (Wildman–Crippen MR) is 68.5 cm³/mol. The van der Waals surface area contributed by atoms with Crippen molar-refractivity contribution in [3.05, 3.63) is 30.1 Å². The van der Waals surface area contributed by atoms with Crippen LogP contribution in [-0.2, 0) is 16.4 Å². The molecule has 1 fully saturated rings. The summed E-state index contributed by atoms with van der Waals surface area (Å²) < 4.78 is 25.6. The number of hydrogen-bond donors (Lipinski definition) is 1. The number of aromatic nitrogens is 1. The Hall–Kier alpha value is -0.980. The molecule has 0 saturated carbocycles. The third-order valence-corrected chi connectivity index (χ3v) is 4.99. The fraction of sp³-hybridized carbons (Fsp3) is 0.583. The molecule has 0 radical (unpaired) electrons. The minimum absolute atomic E-state index is 0.0870. The molecule has 1 atom stereocenters. The zero-order chi connectivity index (χ0) is 13.0. The average molecular weight is 270 g/mol. The molecule has 2 rings (SSSR count). The van der Waals surface area contributed by atoms with Crippen LogP contribution in [0.3, 0.4) is 0 Å². The molecule has 0 amide bonds. The number of pyridine rings is 1. The van der Waals surface area contributed by atoms with Gasteiger partial charge >= 0.3 is 0 Å². The van der Waals surface area contributed by atoms with Gasteiger partial charge in [0.15, 0.2) is 0 Å². The highest BCUT2D eigenvalue weighted by molar-refractivity contribution is 7.89. The minimum atomic E-state index is -3.26. The number of piperidine rings is 1. The summed E-state index contributed by atoms with van der Waals surface area (Å²) in [5.74, 6) is 0.0870. The van der Waals surface area contributed by atoms with Crippen molar-refractivity contribution in [2.45, 2.75) is 25.4 Å². The van der Waals surface area contributed by atoms with Crippen LogP contribution in [0.1, 0.15) is 18.4 Å². The maximum absolute atomic E-state index is 12.1. The lowest BCUT2D eigenvalue weighted by Gasteiger charge is -2.29. The normalized spacial score (nSPS) is 21.9. The second kappa shape index (κ2) is 5.77. The number of sulfonamides is 1. The molecular weight excluding hydrogens is 252 g/mol. The van der Waals surface area contributed by atoms with Crippen molar-refractivity contribution in [2.75, 3.05) is 18.8 Å². The maximum atomic E-state index is 12.1. The molecule has 18 heavy (non-hydrogen) atoms. The SMILES string of the molecule is O=S(=O)(CCc1ccncc1)N1CCC[C@H](O)C1. The summed E-state index contributed by atoms with van der Waals surface area (Å²) in [5, 5.41) is 9.51. The summed E-state index contributed by atoms with van der Waals surface area (Å²) in [6, 6.07) is 3.64. The first-order valence-corrected chi connectivity index (χ1v) is 7.73. The first-order chi connectivity index (χ1) is 8.58. The first kappa shape index (κ1) is 13.5. The summed E-state index contributed by atoms with van der Waals surface area (Å²) >= 11 is 0. The van der Waals surface area contributed by atoms with Gasteiger partial charge in [-0.2, -0.15) is 4.31 Å². The molecule has 0 aliphatic carbocycles. The monoisotopic (exact) mass is 270 g/mol. The van der Waals surface area contributed by atoms with E-state index in [2.05, 4.69) is 4.98 Å². The molecule has 2 heterocycles. The van der Waals surface area contributed by atoms with E-state index < -0.39 is 16.1 Å². The molecule has 0 aromatic carbocycles. The Bertz CT molecular complexity index is 475. The van der Waals surface area contributed by atoms with Crippen molar-refractivity contribution in [1.82, 2.24) is 9.29 Å². The third kappa shape index (κ3) is 3.51. The second-order valence-electron chi connectivity index (χ2n) is 4.58. The highest BCUT2D eigenvalue weighted by Crippen LogP contribution is 2.15. The Morgan fingerprint density at radius 1 is 1.39 bits per heavy atom. The van der Waals surface area contributed by atoms with Crippen molar-refractivity contribution in [1.29, 1.82) is 0 Å². The number of nitrogens with zero attached hydrogens (tertiary/aromatic N) is 2. The van der Waals surface area contributed by atoms with Crippen LogP contribution in [0.2, 0.25) is 0 Å². The summed E-state index contributed by atoms with van der Waals surface area (Å²) in [5.41, 5.74) is 0.964. The molecule has 1 aromatic rings. The summed E-state index contributed by atoms with van der Waals surface area (Å²) in [7, 11) is -3.26. The van der Waals surface area contributed by atoms with Gasteiger partial charge in [0, 0.05) is 25.5 Å². The number of β-amino-alcohol motifs (C(OH)–C–C–N with tert-alkyl or cyclic N) is 1. The lowest BCUT2D eigenvalue weighted by molar-refractivity contribution is 0.108. The molecule has 1 aliphatic rings. The van der Waals surface area contributed by atoms with Crippen LogP contribution in [0.25, 0.3) is 0 Å². The Morgan fingerprint density at radius 3 is 2.78 bits per heavy atom. The Balaban J connectivity index is 1.95. The maximum Gasteiger partial charge on any atom is 0.214 e. The number of hydrogen-bond acceptors (Lipinski definition) is 4. The summed E-state index contributed by atoms with van der Waals surface area (Å²) in [6.45, 7) is 0.758. The molecule has 1 aromatic heterocycles. The lowest BCUT2D eigenvalue weighted by Crippen LogP contribution is -2.43. The van der Waals surface area contributed by atoms with Gasteiger partial charge in [0.1, 0.15) is 0 Å². The van der Waals surface area contributed by atoms with Gasteiger partial charge in [-0.1, -0.05) is 0 Å². The van der Waals surface area contributed by atoms with E-state index in [1.54, 1.807) is 12.4 Å². The number of aliphatic hydroxyl groups excluding tert-OH is 1. The number of aliphatic hydroxyl groups is 1. The second-order valence-corrected chi connectivity index (χ2v) is 6.66. The Kier molecular flexibility index (Phi) is 4.31. The van der Waals surface area contributed by atoms with Gasteiger partial charge in [-0.15, -0.1) is 0 Å². The van der Waals surface area contributed by atoms with E-state index in [0.29, 0.717) is 19.4 Å². The average Bonchev–Trinajstić information content (AvgIpc) is 2.38. The molecule has 6 heteroatoms. The van der Waals surface area contributed by atoms with E-state index in [4.69, 9.17) is 0 Å². The predicted octanol–water partition coefficient (Wildman–Crippen LogP) is 0.411. The van der Waals surface area contributed by atoms with Crippen LogP contribution >= 0.6 is 0 Å². The molecule has 0 unspecified atom stereocenters. The molecule has 1 N–H and O–H groups in total. The number of rotatable bonds is 4. The van der Waals surface area contributed by atoms with Gasteiger partial charge in [-0.25, -0.2) is 8.42 Å². The summed E-state index contributed by atoms with van der Waals surface area (Å²) in [4.78, 5) is 3.90. The Labute approximate surface area is 108 Å². The van der Waals surface area contributed by atoms with Gasteiger partial charge in [0.05, 0.1) is 11.9 Å². The fourth-order valence-electron chi connectivity index (χ4n) is 2.10. The highest BCUT2D eigenvalue weighted by atomic mass is 32.2. The van der Waals surface area contributed by atoms with E-state index in [9.17, 15) is 13.5 Å². The molecule has 1 aliphatic heterocycles. The standard InChI is InChI=1S/C12H18N2O3S/c15-12-2-1-8-14(10-12)18(16,17)9-5-11-3-6-13-7-4-11/h3-4,6-7,12,15H,1-2,5,8-10H2/t12-/m0/s1. The van der Waals surface area contributed by atoms with Crippen molar-refractivity contribution in [3.8, 4) is 0 Å². The molecule has 0 spiro atoms. The van der Waals surface area contributed by atoms with Gasteiger partial charge in [0.2, 0.25) is 10.0 Å². The first-order valence-electron chi connectivity index (χ1n) is 6.13. The molecule has 5 nitrogen and oxygen atoms in total. The van der Waals surface area contributed by atoms with Crippen LogP contribution < -0.4 is 0 Å². The highest BCUT2D eigenvalue weighted by Gasteiger charge is 2.27. The van der Waals surface area contributed by atoms with E-state index in [0.717, 1.165) is 12.0 Å². The fourth-order valence-corrected chi connectivity index (χ4v) is 3.66. The van der Waals surface area contributed by atoms with E-state index in [1.165, 1.54) is 4.31 Å². The Morgan fingerprint density at radius 2 is 2.11 bits per heavy atom. The van der Waals surface area contributed by atoms with Gasteiger partial charge in [-0.05, 0) is 37.0 Å². The summed E-state index contributed by atoms with van der Waals surface area (Å²) in [6.07, 6.45) is 4.71. The molecule has 1 saturated heterocycles.